The van der Waals surface area contributed by atoms with Gasteiger partial charge in [-0.25, -0.2) is 19.2 Å². The summed E-state index contributed by atoms with van der Waals surface area (Å²) in [6.45, 7) is 3.86. The minimum atomic E-state index is -0.138. The van der Waals surface area contributed by atoms with E-state index in [9.17, 15) is 4.79 Å². The Kier molecular flexibility index (Phi) is 4.74. The Hall–Kier alpha value is -3.33. The highest BCUT2D eigenvalue weighted by Gasteiger charge is 2.14. The molecule has 0 atom stereocenters. The van der Waals surface area contributed by atoms with Crippen LogP contribution < -0.4 is 5.32 Å². The first-order valence-electron chi connectivity index (χ1n) is 8.63. The number of hydrogen-bond acceptors (Lipinski definition) is 6. The van der Waals surface area contributed by atoms with E-state index in [2.05, 4.69) is 30.5 Å². The fourth-order valence-corrected chi connectivity index (χ4v) is 3.28. The molecule has 9 nitrogen and oxygen atoms in total. The minimum absolute atomic E-state index is 0.138. The zero-order valence-electron chi connectivity index (χ0n) is 15.3. The van der Waals surface area contributed by atoms with Crippen LogP contribution >= 0.6 is 11.6 Å². The summed E-state index contributed by atoms with van der Waals surface area (Å²) >= 11 is 6.10. The van der Waals surface area contributed by atoms with E-state index in [-0.39, 0.29) is 12.3 Å². The number of aryl methyl sites for hydroxylation is 2. The van der Waals surface area contributed by atoms with Gasteiger partial charge < -0.3 is 5.32 Å². The van der Waals surface area contributed by atoms with Crippen LogP contribution in [0.3, 0.4) is 0 Å². The van der Waals surface area contributed by atoms with E-state index in [1.54, 1.807) is 33.7 Å². The fraction of sp³-hybridized carbons (Fsp3) is 0.222. The fourth-order valence-electron chi connectivity index (χ4n) is 3.11. The number of hydrogen-bond donors (Lipinski definition) is 1. The van der Waals surface area contributed by atoms with Crippen molar-refractivity contribution in [1.82, 2.24) is 34.3 Å². The second kappa shape index (κ2) is 7.35. The second-order valence-electron chi connectivity index (χ2n) is 6.28. The van der Waals surface area contributed by atoms with Gasteiger partial charge in [0.2, 0.25) is 5.91 Å². The summed E-state index contributed by atoms with van der Waals surface area (Å²) in [6.07, 6.45) is 5.28. The number of benzene rings is 1. The van der Waals surface area contributed by atoms with E-state index in [1.807, 2.05) is 13.8 Å². The maximum absolute atomic E-state index is 12.6. The number of fused-ring (bicyclic) bond motifs is 1. The Bertz CT molecular complexity index is 1150. The molecule has 3 heterocycles. The summed E-state index contributed by atoms with van der Waals surface area (Å²) in [5.41, 5.74) is 4.01. The zero-order chi connectivity index (χ0) is 19.7. The van der Waals surface area contributed by atoms with Crippen molar-refractivity contribution in [3.63, 3.8) is 0 Å². The molecule has 0 unspecified atom stereocenters. The van der Waals surface area contributed by atoms with Crippen LogP contribution in [0.5, 0.6) is 0 Å². The molecular formula is C18H17ClN8O. The first kappa shape index (κ1) is 18.1. The third-order valence-electron chi connectivity index (χ3n) is 4.49. The van der Waals surface area contributed by atoms with E-state index in [0.29, 0.717) is 28.6 Å². The standard InChI is InChI=1S/C18H17ClN8O/c1-11-14(12(2)27-18(24-11)21-9-23-27)4-6-17(28)25-15-7-13(19)3-5-16(15)26-10-20-8-22-26/h3,5,7-10H,4,6H2,1-2H3,(H,25,28). The average molecular weight is 397 g/mol. The zero-order valence-corrected chi connectivity index (χ0v) is 16.1. The van der Waals surface area contributed by atoms with Gasteiger partial charge in [0.15, 0.2) is 0 Å². The van der Waals surface area contributed by atoms with Gasteiger partial charge in [-0.1, -0.05) is 11.6 Å². The van der Waals surface area contributed by atoms with E-state index < -0.39 is 0 Å². The van der Waals surface area contributed by atoms with Gasteiger partial charge >= 0.3 is 0 Å². The van der Waals surface area contributed by atoms with Gasteiger partial charge in [0.1, 0.15) is 19.0 Å². The molecule has 28 heavy (non-hydrogen) atoms. The van der Waals surface area contributed by atoms with Gasteiger partial charge in [-0.05, 0) is 44.0 Å². The highest BCUT2D eigenvalue weighted by Crippen LogP contribution is 2.24. The topological polar surface area (TPSA) is 103 Å². The van der Waals surface area contributed by atoms with Crippen molar-refractivity contribution < 1.29 is 4.79 Å². The van der Waals surface area contributed by atoms with Crippen LogP contribution in [0.1, 0.15) is 23.4 Å². The molecule has 4 aromatic rings. The van der Waals surface area contributed by atoms with Crippen LogP contribution in [0, 0.1) is 13.8 Å². The lowest BCUT2D eigenvalue weighted by Gasteiger charge is -2.13. The lowest BCUT2D eigenvalue weighted by molar-refractivity contribution is -0.116. The van der Waals surface area contributed by atoms with Gasteiger partial charge in [-0.15, -0.1) is 0 Å². The van der Waals surface area contributed by atoms with Crippen LogP contribution in [-0.4, -0.2) is 40.3 Å². The first-order chi connectivity index (χ1) is 13.5. The Labute approximate surface area is 165 Å². The van der Waals surface area contributed by atoms with Crippen molar-refractivity contribution in [3.05, 3.63) is 59.2 Å². The largest absolute Gasteiger partial charge is 0.324 e. The summed E-state index contributed by atoms with van der Waals surface area (Å²) in [5, 5.41) is 11.7. The number of rotatable bonds is 5. The maximum atomic E-state index is 12.6. The van der Waals surface area contributed by atoms with E-state index in [1.165, 1.54) is 12.7 Å². The summed E-state index contributed by atoms with van der Waals surface area (Å²) < 4.78 is 3.25. The summed E-state index contributed by atoms with van der Waals surface area (Å²) in [4.78, 5) is 25.1. The van der Waals surface area contributed by atoms with Crippen molar-refractivity contribution in [2.75, 3.05) is 5.32 Å². The smallest absolute Gasteiger partial charge is 0.252 e. The lowest BCUT2D eigenvalue weighted by Crippen LogP contribution is -2.16. The van der Waals surface area contributed by atoms with Gasteiger partial charge in [0.25, 0.3) is 5.78 Å². The molecule has 10 heteroatoms. The molecule has 0 radical (unpaired) electrons. The molecule has 0 aliphatic carbocycles. The van der Waals surface area contributed by atoms with Gasteiger partial charge in [0, 0.05) is 22.8 Å². The highest BCUT2D eigenvalue weighted by atomic mass is 35.5. The van der Waals surface area contributed by atoms with Gasteiger partial charge in [-0.2, -0.15) is 15.2 Å². The first-order valence-corrected chi connectivity index (χ1v) is 9.01. The third-order valence-corrected chi connectivity index (χ3v) is 4.72. The molecule has 0 bridgehead atoms. The highest BCUT2D eigenvalue weighted by molar-refractivity contribution is 6.31. The summed E-state index contributed by atoms with van der Waals surface area (Å²) in [5.74, 6) is 0.417. The molecule has 4 rings (SSSR count). The Morgan fingerprint density at radius 3 is 2.86 bits per heavy atom. The van der Waals surface area contributed by atoms with E-state index in [0.717, 1.165) is 17.0 Å². The predicted octanol–water partition coefficient (Wildman–Crippen LogP) is 2.55. The van der Waals surface area contributed by atoms with Crippen molar-refractivity contribution in [1.29, 1.82) is 0 Å². The molecule has 0 aliphatic heterocycles. The summed E-state index contributed by atoms with van der Waals surface area (Å²) in [6, 6.07) is 5.21. The van der Waals surface area contributed by atoms with Crippen LogP contribution in [0.25, 0.3) is 11.5 Å². The van der Waals surface area contributed by atoms with Crippen molar-refractivity contribution in [2.45, 2.75) is 26.7 Å². The number of amides is 1. The molecule has 0 saturated heterocycles. The maximum Gasteiger partial charge on any atom is 0.252 e. The number of carbonyl (C=O) groups excluding carboxylic acids is 1. The third kappa shape index (κ3) is 3.44. The van der Waals surface area contributed by atoms with Crippen molar-refractivity contribution in [3.8, 4) is 5.69 Å². The molecule has 1 N–H and O–H groups in total. The van der Waals surface area contributed by atoms with E-state index in [4.69, 9.17) is 11.6 Å². The quantitative estimate of drug-likeness (QED) is 0.556. The molecule has 0 saturated carbocycles. The lowest BCUT2D eigenvalue weighted by atomic mass is 10.1. The number of nitrogens with one attached hydrogen (secondary N) is 1. The summed E-state index contributed by atoms with van der Waals surface area (Å²) in [7, 11) is 0. The number of aromatic nitrogens is 7. The molecular weight excluding hydrogens is 380 g/mol. The van der Waals surface area contributed by atoms with Gasteiger partial charge in [0.05, 0.1) is 11.4 Å². The second-order valence-corrected chi connectivity index (χ2v) is 6.72. The van der Waals surface area contributed by atoms with E-state index >= 15 is 0 Å². The molecule has 1 aromatic carbocycles. The van der Waals surface area contributed by atoms with Crippen LogP contribution in [0.4, 0.5) is 5.69 Å². The molecule has 142 valence electrons. The Morgan fingerprint density at radius 2 is 2.07 bits per heavy atom. The monoisotopic (exact) mass is 396 g/mol. The number of nitrogens with zero attached hydrogens (tertiary/aromatic N) is 7. The average Bonchev–Trinajstić information content (AvgIpc) is 3.33. The number of halogens is 1. The van der Waals surface area contributed by atoms with Crippen LogP contribution in [0.15, 0.2) is 37.2 Å². The van der Waals surface area contributed by atoms with Crippen LogP contribution in [0.2, 0.25) is 5.02 Å². The van der Waals surface area contributed by atoms with Gasteiger partial charge in [-0.3, -0.25) is 4.79 Å². The van der Waals surface area contributed by atoms with Crippen molar-refractivity contribution in [2.24, 2.45) is 0 Å². The normalized spacial score (nSPS) is 11.1. The number of carbonyl (C=O) groups is 1. The molecule has 1 amide bonds. The van der Waals surface area contributed by atoms with Crippen LogP contribution in [-0.2, 0) is 11.2 Å². The molecule has 0 aliphatic rings. The minimum Gasteiger partial charge on any atom is -0.324 e. The predicted molar refractivity (Wildman–Crippen MR) is 104 cm³/mol. The molecule has 0 spiro atoms. The Balaban J connectivity index is 1.53. The molecule has 3 aromatic heterocycles. The Morgan fingerprint density at radius 1 is 1.21 bits per heavy atom. The molecule has 0 fully saturated rings. The van der Waals surface area contributed by atoms with Crippen molar-refractivity contribution >= 4 is 29.0 Å². The SMILES string of the molecule is Cc1nc2ncnn2c(C)c1CCC(=O)Nc1cc(Cl)ccc1-n1cncn1. The number of anilines is 1.